The normalized spacial score (nSPS) is 5.77. The maximum Gasteiger partial charge on any atom is 3.00 e. The van der Waals surface area contributed by atoms with E-state index in [1.165, 1.54) is 0 Å². The monoisotopic (exact) mass is 403 g/mol. The molecule has 0 saturated carbocycles. The van der Waals surface area contributed by atoms with Crippen molar-refractivity contribution in [2.45, 2.75) is 0 Å². The molecule has 0 spiro atoms. The molecule has 0 aromatic heterocycles. The summed E-state index contributed by atoms with van der Waals surface area (Å²) in [5.74, 6) is 0. The molecule has 13 heavy (non-hydrogen) atoms. The molecule has 0 aliphatic heterocycles. The van der Waals surface area contributed by atoms with Gasteiger partial charge in [-0.15, -0.1) is 0 Å². The molecule has 0 rings (SSSR count). The number of rotatable bonds is 0. The van der Waals surface area contributed by atoms with Crippen molar-refractivity contribution >= 4 is 23.7 Å². The van der Waals surface area contributed by atoms with Gasteiger partial charge in [-0.3, -0.25) is 27.4 Å². The van der Waals surface area contributed by atoms with Gasteiger partial charge < -0.3 is 14.7 Å². The van der Waals surface area contributed by atoms with Gasteiger partial charge in [0.15, 0.2) is 0 Å². The van der Waals surface area contributed by atoms with Crippen molar-refractivity contribution in [1.29, 1.82) is 0 Å². The topological polar surface area (TPSA) is 172 Å². The van der Waals surface area contributed by atoms with Crippen LogP contribution in [0.1, 0.15) is 0 Å². The molecule has 0 aliphatic carbocycles. The summed E-state index contributed by atoms with van der Waals surface area (Å²) in [6.45, 7) is 0. The molecule has 0 aromatic carbocycles. The molecule has 13 heteroatoms. The minimum atomic E-state index is -3.37. The van der Waals surface area contributed by atoms with E-state index in [1.54, 1.807) is 0 Å². The summed E-state index contributed by atoms with van der Waals surface area (Å²) in [5.41, 5.74) is 0. The van der Waals surface area contributed by atoms with Crippen molar-refractivity contribution in [3.63, 3.8) is 0 Å². The SMILES string of the molecule is O=P(=O)[O-].O=P(=O)[O-].O=P(=O)[O-].[Er+3]. The first kappa shape index (κ1) is 23.6. The van der Waals surface area contributed by atoms with Crippen LogP contribution in [-0.2, 0) is 27.4 Å². The Bertz CT molecular complexity index is 208. The first-order chi connectivity index (χ1) is 5.20. The second-order valence-corrected chi connectivity index (χ2v) is 2.01. The summed E-state index contributed by atoms with van der Waals surface area (Å²) in [7, 11) is -10.1. The fourth-order valence-electron chi connectivity index (χ4n) is 0. The van der Waals surface area contributed by atoms with Gasteiger partial charge in [-0.2, -0.15) is 0 Å². The third-order valence-corrected chi connectivity index (χ3v) is 0. The summed E-state index contributed by atoms with van der Waals surface area (Å²) in [6, 6.07) is 0. The zero-order valence-electron chi connectivity index (χ0n) is 5.30. The maximum atomic E-state index is 8.48. The van der Waals surface area contributed by atoms with Gasteiger partial charge in [0.25, 0.3) is 0 Å². The molecule has 0 aromatic rings. The fourth-order valence-corrected chi connectivity index (χ4v) is 0. The minimum absolute atomic E-state index is 0. The van der Waals surface area contributed by atoms with Crippen molar-refractivity contribution in [3.05, 3.63) is 0 Å². The first-order valence-corrected chi connectivity index (χ1v) is 4.93. The van der Waals surface area contributed by atoms with Gasteiger partial charge in [0.05, 0.1) is 0 Å². The summed E-state index contributed by atoms with van der Waals surface area (Å²) in [4.78, 5) is 25.4. The molecule has 0 saturated heterocycles. The molecule has 0 bridgehead atoms. The van der Waals surface area contributed by atoms with Crippen LogP contribution in [0.2, 0.25) is 0 Å². The van der Waals surface area contributed by atoms with Gasteiger partial charge in [0.2, 0.25) is 23.7 Å². The molecule has 0 atom stereocenters. The Morgan fingerprint density at radius 2 is 0.538 bits per heavy atom. The summed E-state index contributed by atoms with van der Waals surface area (Å²) in [6.07, 6.45) is 0. The van der Waals surface area contributed by atoms with Crippen molar-refractivity contribution in [1.82, 2.24) is 0 Å². The summed E-state index contributed by atoms with van der Waals surface area (Å²) >= 11 is 0. The van der Waals surface area contributed by atoms with E-state index < -0.39 is 23.7 Å². The van der Waals surface area contributed by atoms with Crippen LogP contribution < -0.4 is 14.7 Å². The number of hydrogen-bond acceptors (Lipinski definition) is 9. The standard InChI is InChI=1S/Er.3HO3P/c;3*1-4(2)3/h;3*(H,1,2,3)/q+3;;;/p-3. The quantitative estimate of drug-likeness (QED) is 0.427. The van der Waals surface area contributed by atoms with Crippen molar-refractivity contribution in [3.8, 4) is 0 Å². The zero-order valence-corrected chi connectivity index (χ0v) is 9.84. The predicted octanol–water partition coefficient (Wildman–Crippen LogP) is -1.70. The van der Waals surface area contributed by atoms with Crippen LogP contribution in [0.4, 0.5) is 0 Å². The van der Waals surface area contributed by atoms with Crippen LogP contribution >= 0.6 is 23.7 Å². The largest absolute Gasteiger partial charge is 3.00 e. The number of hydrogen-bond donors (Lipinski definition) is 0. The van der Waals surface area contributed by atoms with E-state index in [2.05, 4.69) is 0 Å². The van der Waals surface area contributed by atoms with Gasteiger partial charge in [-0.1, -0.05) is 0 Å². The molecular formula is ErO9P3. The van der Waals surface area contributed by atoms with Crippen molar-refractivity contribution < 1.29 is 79.4 Å². The van der Waals surface area contributed by atoms with Crippen LogP contribution in [0.25, 0.3) is 0 Å². The van der Waals surface area contributed by atoms with E-state index in [4.69, 9.17) is 42.1 Å². The van der Waals surface area contributed by atoms with Gasteiger partial charge >= 0.3 is 37.3 Å². The second kappa shape index (κ2) is 18.6. The molecule has 0 amide bonds. The maximum absolute atomic E-state index is 8.48. The van der Waals surface area contributed by atoms with Crippen molar-refractivity contribution in [2.75, 3.05) is 0 Å². The van der Waals surface area contributed by atoms with Gasteiger partial charge in [0.1, 0.15) is 0 Å². The third kappa shape index (κ3) is 2200. The van der Waals surface area contributed by atoms with Gasteiger partial charge in [0, 0.05) is 0 Å². The first-order valence-electron chi connectivity index (χ1n) is 1.64. The molecule has 0 fully saturated rings. The molecule has 81 valence electrons. The predicted molar refractivity (Wildman–Crippen MR) is 24.9 cm³/mol. The molecule has 9 nitrogen and oxygen atoms in total. The molecule has 0 unspecified atom stereocenters. The third-order valence-electron chi connectivity index (χ3n) is 0. The van der Waals surface area contributed by atoms with Crippen LogP contribution in [0.15, 0.2) is 0 Å². The van der Waals surface area contributed by atoms with E-state index in [0.29, 0.717) is 0 Å². The van der Waals surface area contributed by atoms with E-state index in [0.717, 1.165) is 0 Å². The van der Waals surface area contributed by atoms with Crippen molar-refractivity contribution in [2.24, 2.45) is 0 Å². The van der Waals surface area contributed by atoms with E-state index in [-0.39, 0.29) is 37.3 Å². The molecule has 0 N–H and O–H groups in total. The Balaban J connectivity index is -0.0000000450. The van der Waals surface area contributed by atoms with Crippen LogP contribution in [-0.4, -0.2) is 0 Å². The Hall–Kier alpha value is 0.827. The average molecular weight is 404 g/mol. The minimum Gasteiger partial charge on any atom is -0.744 e. The second-order valence-electron chi connectivity index (χ2n) is 0.671. The van der Waals surface area contributed by atoms with Crippen LogP contribution in [0.3, 0.4) is 0 Å². The van der Waals surface area contributed by atoms with Gasteiger partial charge in [-0.05, 0) is 0 Å². The Morgan fingerprint density at radius 1 is 0.538 bits per heavy atom. The Labute approximate surface area is 102 Å². The van der Waals surface area contributed by atoms with Crippen LogP contribution in [0.5, 0.6) is 0 Å². The fraction of sp³-hybridized carbons (Fsp3) is 0. The zero-order chi connectivity index (χ0) is 10.7. The summed E-state index contributed by atoms with van der Waals surface area (Å²) in [5, 5.41) is 0. The van der Waals surface area contributed by atoms with Gasteiger partial charge in [-0.25, -0.2) is 0 Å². The Morgan fingerprint density at radius 3 is 0.538 bits per heavy atom. The van der Waals surface area contributed by atoms with E-state index >= 15 is 0 Å². The Kier molecular flexibility index (Phi) is 33.7. The molecular weight excluding hydrogens is 404 g/mol. The smallest absolute Gasteiger partial charge is 0.744 e. The van der Waals surface area contributed by atoms with Crippen LogP contribution in [0, 0.1) is 37.3 Å². The molecule has 0 aliphatic rings. The average Bonchev–Trinajstić information content (AvgIpc) is 1.54. The van der Waals surface area contributed by atoms with E-state index in [9.17, 15) is 0 Å². The summed E-state index contributed by atoms with van der Waals surface area (Å²) < 4.78 is 50.9. The molecule has 0 heterocycles. The molecule has 1 radical (unpaired) electrons. The van der Waals surface area contributed by atoms with E-state index in [1.807, 2.05) is 0 Å².